The van der Waals surface area contributed by atoms with Crippen molar-refractivity contribution in [2.45, 2.75) is 6.61 Å². The van der Waals surface area contributed by atoms with E-state index in [-0.39, 0.29) is 19.0 Å². The summed E-state index contributed by atoms with van der Waals surface area (Å²) in [5, 5.41) is 11.0. The molecule has 5 heteroatoms. The number of ether oxygens (including phenoxy) is 3. The van der Waals surface area contributed by atoms with Crippen LogP contribution in [-0.2, 0) is 11.3 Å². The number of carboxylic acids is 1. The van der Waals surface area contributed by atoms with Gasteiger partial charge in [-0.25, -0.2) is 4.79 Å². The van der Waals surface area contributed by atoms with Gasteiger partial charge in [0.15, 0.2) is 11.5 Å². The van der Waals surface area contributed by atoms with Gasteiger partial charge in [-0.05, 0) is 40.6 Å². The van der Waals surface area contributed by atoms with E-state index in [1.165, 1.54) is 0 Å². The molecule has 0 amide bonds. The molecule has 1 N–H and O–H groups in total. The quantitative estimate of drug-likeness (QED) is 0.676. The van der Waals surface area contributed by atoms with E-state index in [1.54, 1.807) is 18.2 Å². The summed E-state index contributed by atoms with van der Waals surface area (Å²) in [4.78, 5) is 11.4. The van der Waals surface area contributed by atoms with Crippen LogP contribution in [0.4, 0.5) is 0 Å². The van der Waals surface area contributed by atoms with Gasteiger partial charge >= 0.3 is 5.97 Å². The third-order valence-corrected chi connectivity index (χ3v) is 3.28. The van der Waals surface area contributed by atoms with Crippen molar-refractivity contribution in [1.29, 1.82) is 0 Å². The van der Waals surface area contributed by atoms with Crippen molar-refractivity contribution in [3.63, 3.8) is 0 Å². The maximum atomic E-state index is 11.4. The van der Waals surface area contributed by atoms with Gasteiger partial charge in [-0.15, -0.1) is 6.58 Å². The second-order valence-corrected chi connectivity index (χ2v) is 4.67. The molecule has 0 bridgehead atoms. The fraction of sp³-hybridized carbons (Fsp3) is 0.188. The third kappa shape index (κ3) is 2.55. The van der Waals surface area contributed by atoms with E-state index in [2.05, 4.69) is 6.58 Å². The highest BCUT2D eigenvalue weighted by molar-refractivity contribution is 5.97. The van der Waals surface area contributed by atoms with Crippen LogP contribution in [0.2, 0.25) is 0 Å². The SMILES string of the molecule is C=CCOCc1cc2cc3c(cc2cc1C(=O)O)OCO3. The van der Waals surface area contributed by atoms with Gasteiger partial charge in [0.25, 0.3) is 0 Å². The van der Waals surface area contributed by atoms with Crippen LogP contribution >= 0.6 is 0 Å². The fourth-order valence-corrected chi connectivity index (χ4v) is 2.31. The van der Waals surface area contributed by atoms with Gasteiger partial charge < -0.3 is 19.3 Å². The van der Waals surface area contributed by atoms with Gasteiger partial charge in [0.05, 0.1) is 18.8 Å². The first-order chi connectivity index (χ1) is 10.2. The van der Waals surface area contributed by atoms with Gasteiger partial charge in [-0.3, -0.25) is 0 Å². The van der Waals surface area contributed by atoms with Crippen molar-refractivity contribution in [1.82, 2.24) is 0 Å². The maximum absolute atomic E-state index is 11.4. The third-order valence-electron chi connectivity index (χ3n) is 3.28. The number of benzene rings is 2. The summed E-state index contributed by atoms with van der Waals surface area (Å²) in [7, 11) is 0. The Morgan fingerprint density at radius 3 is 2.52 bits per heavy atom. The molecule has 0 fully saturated rings. The number of rotatable bonds is 5. The lowest BCUT2D eigenvalue weighted by atomic mass is 10.0. The number of aromatic carboxylic acids is 1. The van der Waals surface area contributed by atoms with E-state index in [1.807, 2.05) is 12.1 Å². The number of hydrogen-bond acceptors (Lipinski definition) is 4. The van der Waals surface area contributed by atoms with E-state index in [4.69, 9.17) is 14.2 Å². The van der Waals surface area contributed by atoms with Crippen LogP contribution in [-0.4, -0.2) is 24.5 Å². The van der Waals surface area contributed by atoms with Crippen LogP contribution in [0.5, 0.6) is 11.5 Å². The Morgan fingerprint density at radius 1 is 1.24 bits per heavy atom. The first-order valence-electron chi connectivity index (χ1n) is 6.47. The Balaban J connectivity index is 2.07. The van der Waals surface area contributed by atoms with Crippen LogP contribution < -0.4 is 9.47 Å². The minimum atomic E-state index is -0.980. The molecule has 2 aromatic carbocycles. The summed E-state index contributed by atoms with van der Waals surface area (Å²) in [6.07, 6.45) is 1.62. The normalized spacial score (nSPS) is 12.6. The zero-order valence-corrected chi connectivity index (χ0v) is 11.3. The topological polar surface area (TPSA) is 65.0 Å². The molecule has 1 aliphatic heterocycles. The standard InChI is InChI=1S/C16H14O5/c1-2-3-19-8-12-4-10-6-14-15(21-9-20-14)7-11(10)5-13(12)16(17)18/h2,4-7H,1,3,8-9H2,(H,17,18). The lowest BCUT2D eigenvalue weighted by Gasteiger charge is -2.09. The number of hydrogen-bond donors (Lipinski definition) is 1. The highest BCUT2D eigenvalue weighted by atomic mass is 16.7. The Labute approximate surface area is 121 Å². The van der Waals surface area contributed by atoms with Crippen molar-refractivity contribution >= 4 is 16.7 Å². The van der Waals surface area contributed by atoms with Crippen molar-refractivity contribution in [2.75, 3.05) is 13.4 Å². The molecule has 108 valence electrons. The van der Waals surface area contributed by atoms with Crippen LogP contribution in [0.3, 0.4) is 0 Å². The van der Waals surface area contributed by atoms with E-state index in [0.29, 0.717) is 23.7 Å². The number of carbonyl (C=O) groups is 1. The van der Waals surface area contributed by atoms with E-state index >= 15 is 0 Å². The predicted molar refractivity (Wildman–Crippen MR) is 76.9 cm³/mol. The Hall–Kier alpha value is -2.53. The molecular formula is C16H14O5. The number of carboxylic acid groups (broad SMARTS) is 1. The molecule has 0 aromatic heterocycles. The lowest BCUT2D eigenvalue weighted by Crippen LogP contribution is -2.04. The summed E-state index contributed by atoms with van der Waals surface area (Å²) >= 11 is 0. The molecular weight excluding hydrogens is 272 g/mol. The maximum Gasteiger partial charge on any atom is 0.336 e. The highest BCUT2D eigenvalue weighted by Gasteiger charge is 2.17. The van der Waals surface area contributed by atoms with Gasteiger partial charge in [-0.2, -0.15) is 0 Å². The molecule has 0 unspecified atom stereocenters. The van der Waals surface area contributed by atoms with E-state index < -0.39 is 5.97 Å². The average molecular weight is 286 g/mol. The summed E-state index contributed by atoms with van der Waals surface area (Å²) < 4.78 is 16.0. The highest BCUT2D eigenvalue weighted by Crippen LogP contribution is 2.37. The monoisotopic (exact) mass is 286 g/mol. The molecule has 2 aromatic rings. The molecule has 5 nitrogen and oxygen atoms in total. The van der Waals surface area contributed by atoms with Crippen LogP contribution in [0.1, 0.15) is 15.9 Å². The largest absolute Gasteiger partial charge is 0.478 e. The number of fused-ring (bicyclic) bond motifs is 2. The minimum absolute atomic E-state index is 0.187. The second kappa shape index (κ2) is 5.46. The summed E-state index contributed by atoms with van der Waals surface area (Å²) in [6.45, 7) is 4.35. The minimum Gasteiger partial charge on any atom is -0.478 e. The molecule has 0 atom stereocenters. The second-order valence-electron chi connectivity index (χ2n) is 4.67. The summed E-state index contributed by atoms with van der Waals surface area (Å²) in [5.41, 5.74) is 0.848. The van der Waals surface area contributed by atoms with Crippen LogP contribution in [0, 0.1) is 0 Å². The molecule has 1 heterocycles. The van der Waals surface area contributed by atoms with E-state index in [9.17, 15) is 9.90 Å². The molecule has 0 saturated heterocycles. The smallest absolute Gasteiger partial charge is 0.336 e. The zero-order chi connectivity index (χ0) is 14.8. The molecule has 0 spiro atoms. The van der Waals surface area contributed by atoms with Gasteiger partial charge in [0.2, 0.25) is 6.79 Å². The molecule has 0 aliphatic carbocycles. The van der Waals surface area contributed by atoms with Crippen molar-refractivity contribution in [2.24, 2.45) is 0 Å². The van der Waals surface area contributed by atoms with Crippen LogP contribution in [0.25, 0.3) is 10.8 Å². The first-order valence-corrected chi connectivity index (χ1v) is 6.47. The van der Waals surface area contributed by atoms with Gasteiger partial charge in [-0.1, -0.05) is 6.08 Å². The molecule has 3 rings (SSSR count). The van der Waals surface area contributed by atoms with Gasteiger partial charge in [0.1, 0.15) is 0 Å². The predicted octanol–water partition coefficient (Wildman–Crippen LogP) is 2.97. The molecule has 0 saturated carbocycles. The zero-order valence-electron chi connectivity index (χ0n) is 11.3. The summed E-state index contributed by atoms with van der Waals surface area (Å²) in [5.74, 6) is 0.324. The van der Waals surface area contributed by atoms with E-state index in [0.717, 1.165) is 10.8 Å². The molecule has 1 aliphatic rings. The Morgan fingerprint density at radius 2 is 1.90 bits per heavy atom. The van der Waals surface area contributed by atoms with Crippen LogP contribution in [0.15, 0.2) is 36.9 Å². The van der Waals surface area contributed by atoms with Crippen molar-refractivity contribution in [3.05, 3.63) is 48.0 Å². The molecule has 21 heavy (non-hydrogen) atoms. The molecule has 0 radical (unpaired) electrons. The average Bonchev–Trinajstić information content (AvgIpc) is 2.91. The van der Waals surface area contributed by atoms with Gasteiger partial charge in [0, 0.05) is 0 Å². The van der Waals surface area contributed by atoms with Crippen molar-refractivity contribution in [3.8, 4) is 11.5 Å². The first kappa shape index (κ1) is 13.5. The Kier molecular flexibility index (Phi) is 3.50. The van der Waals surface area contributed by atoms with Crippen molar-refractivity contribution < 1.29 is 24.1 Å². The summed E-state index contributed by atoms with van der Waals surface area (Å²) in [6, 6.07) is 7.08. The fourth-order valence-electron chi connectivity index (χ4n) is 2.31. The Bertz CT molecular complexity index is 720. The lowest BCUT2D eigenvalue weighted by molar-refractivity contribution is 0.0690.